The van der Waals surface area contributed by atoms with Crippen LogP contribution in [0.1, 0.15) is 12.0 Å². The van der Waals surface area contributed by atoms with Crippen molar-refractivity contribution in [3.63, 3.8) is 0 Å². The van der Waals surface area contributed by atoms with Crippen LogP contribution in [0.15, 0.2) is 47.4 Å². The number of thioether (sulfide) groups is 1. The fourth-order valence-electron chi connectivity index (χ4n) is 2.73. The molecule has 2 N–H and O–H groups in total. The van der Waals surface area contributed by atoms with E-state index >= 15 is 0 Å². The van der Waals surface area contributed by atoms with Crippen LogP contribution in [0.5, 0.6) is 0 Å². The van der Waals surface area contributed by atoms with Gasteiger partial charge in [-0.1, -0.05) is 0 Å². The van der Waals surface area contributed by atoms with E-state index in [1.807, 2.05) is 18.2 Å². The van der Waals surface area contributed by atoms with E-state index in [1.165, 1.54) is 29.8 Å². The van der Waals surface area contributed by atoms with Crippen molar-refractivity contribution in [1.29, 1.82) is 0 Å². The van der Waals surface area contributed by atoms with E-state index in [0.29, 0.717) is 0 Å². The minimum absolute atomic E-state index is 0.179. The van der Waals surface area contributed by atoms with Crippen LogP contribution in [0.2, 0.25) is 0 Å². The summed E-state index contributed by atoms with van der Waals surface area (Å²) in [7, 11) is 0. The summed E-state index contributed by atoms with van der Waals surface area (Å²) in [5.74, 6) is 0.817. The molecule has 1 heterocycles. The molecule has 2 nitrogen and oxygen atoms in total. The highest BCUT2D eigenvalue weighted by atomic mass is 32.2. The summed E-state index contributed by atoms with van der Waals surface area (Å²) in [5, 5.41) is 0. The maximum atomic E-state index is 12.9. The molecule has 0 saturated heterocycles. The average molecular weight is 302 g/mol. The Morgan fingerprint density at radius 2 is 1.95 bits per heavy atom. The van der Waals surface area contributed by atoms with E-state index in [2.05, 4.69) is 17.0 Å². The van der Waals surface area contributed by atoms with Gasteiger partial charge in [0.15, 0.2) is 0 Å². The van der Waals surface area contributed by atoms with Gasteiger partial charge < -0.3 is 10.6 Å². The first-order valence-corrected chi connectivity index (χ1v) is 8.23. The zero-order chi connectivity index (χ0) is 14.7. The smallest absolute Gasteiger partial charge is 0.123 e. The number of nitrogens with two attached hydrogens (primary N) is 1. The van der Waals surface area contributed by atoms with Crippen LogP contribution in [-0.2, 0) is 6.42 Å². The minimum atomic E-state index is -0.179. The fraction of sp³-hybridized carbons (Fsp3) is 0.294. The van der Waals surface area contributed by atoms with E-state index < -0.39 is 0 Å². The van der Waals surface area contributed by atoms with Crippen molar-refractivity contribution in [3.8, 4) is 0 Å². The maximum Gasteiger partial charge on any atom is 0.123 e. The number of benzene rings is 2. The van der Waals surface area contributed by atoms with E-state index in [1.54, 1.807) is 11.8 Å². The molecule has 0 spiro atoms. The molecule has 0 atom stereocenters. The zero-order valence-corrected chi connectivity index (χ0v) is 12.7. The van der Waals surface area contributed by atoms with Gasteiger partial charge in [-0.25, -0.2) is 4.39 Å². The predicted octanol–water partition coefficient (Wildman–Crippen LogP) is 3.95. The van der Waals surface area contributed by atoms with Gasteiger partial charge >= 0.3 is 0 Å². The number of rotatable bonds is 4. The van der Waals surface area contributed by atoms with Crippen molar-refractivity contribution in [3.05, 3.63) is 53.8 Å². The molecule has 0 bridgehead atoms. The highest BCUT2D eigenvalue weighted by Gasteiger charge is 2.16. The number of aryl methyl sites for hydroxylation is 1. The quantitative estimate of drug-likeness (QED) is 0.685. The molecular formula is C17H19FN2S. The van der Waals surface area contributed by atoms with Gasteiger partial charge in [-0.3, -0.25) is 0 Å². The van der Waals surface area contributed by atoms with Gasteiger partial charge in [0, 0.05) is 35.1 Å². The summed E-state index contributed by atoms with van der Waals surface area (Å²) in [4.78, 5) is 3.54. The number of nitrogen functional groups attached to an aromatic ring is 1. The molecule has 4 heteroatoms. The topological polar surface area (TPSA) is 29.3 Å². The zero-order valence-electron chi connectivity index (χ0n) is 11.9. The van der Waals surface area contributed by atoms with Crippen molar-refractivity contribution in [2.24, 2.45) is 0 Å². The van der Waals surface area contributed by atoms with E-state index in [9.17, 15) is 4.39 Å². The number of anilines is 2. The third kappa shape index (κ3) is 3.50. The van der Waals surface area contributed by atoms with Crippen LogP contribution < -0.4 is 10.6 Å². The second-order valence-electron chi connectivity index (χ2n) is 5.28. The molecule has 0 saturated carbocycles. The summed E-state index contributed by atoms with van der Waals surface area (Å²) in [6.45, 7) is 2.10. The molecule has 2 aromatic carbocycles. The second-order valence-corrected chi connectivity index (χ2v) is 6.45. The highest BCUT2D eigenvalue weighted by molar-refractivity contribution is 7.99. The Morgan fingerprint density at radius 1 is 1.14 bits per heavy atom. The first-order valence-electron chi connectivity index (χ1n) is 7.24. The molecule has 0 radical (unpaired) electrons. The lowest BCUT2D eigenvalue weighted by atomic mass is 10.0. The van der Waals surface area contributed by atoms with Crippen LogP contribution in [-0.4, -0.2) is 18.8 Å². The summed E-state index contributed by atoms with van der Waals surface area (Å²) in [5.41, 5.74) is 9.38. The van der Waals surface area contributed by atoms with Crippen LogP contribution in [0.25, 0.3) is 0 Å². The monoisotopic (exact) mass is 302 g/mol. The van der Waals surface area contributed by atoms with Crippen molar-refractivity contribution in [2.45, 2.75) is 17.7 Å². The first kappa shape index (κ1) is 14.3. The Labute approximate surface area is 129 Å². The van der Waals surface area contributed by atoms with Gasteiger partial charge in [0.1, 0.15) is 5.82 Å². The summed E-state index contributed by atoms with van der Waals surface area (Å²) in [6, 6.07) is 12.9. The Bertz CT molecular complexity index is 613. The summed E-state index contributed by atoms with van der Waals surface area (Å²) >= 11 is 1.77. The maximum absolute atomic E-state index is 12.9. The number of nitrogens with zero attached hydrogens (tertiary/aromatic N) is 1. The molecule has 0 aliphatic carbocycles. The Balaban J connectivity index is 1.60. The van der Waals surface area contributed by atoms with Gasteiger partial charge in [-0.05, 0) is 60.9 Å². The normalized spacial score (nSPS) is 14.0. The molecule has 0 unspecified atom stereocenters. The Morgan fingerprint density at radius 3 is 2.76 bits per heavy atom. The highest BCUT2D eigenvalue weighted by Crippen LogP contribution is 2.29. The van der Waals surface area contributed by atoms with Gasteiger partial charge in [0.05, 0.1) is 0 Å². The SMILES string of the molecule is Nc1ccc2c(c1)CCCN2CCSc1ccc(F)cc1. The van der Waals surface area contributed by atoms with Crippen LogP contribution >= 0.6 is 11.8 Å². The van der Waals surface area contributed by atoms with Crippen molar-refractivity contribution < 1.29 is 4.39 Å². The molecule has 21 heavy (non-hydrogen) atoms. The van der Waals surface area contributed by atoms with Crippen LogP contribution in [0.3, 0.4) is 0 Å². The molecular weight excluding hydrogens is 283 g/mol. The van der Waals surface area contributed by atoms with Crippen molar-refractivity contribution in [2.75, 3.05) is 29.5 Å². The molecule has 1 aliphatic rings. The summed E-state index contributed by atoms with van der Waals surface area (Å²) < 4.78 is 12.9. The van der Waals surface area contributed by atoms with Gasteiger partial charge in [-0.15, -0.1) is 11.8 Å². The fourth-order valence-corrected chi connectivity index (χ4v) is 3.61. The van der Waals surface area contributed by atoms with Crippen LogP contribution in [0, 0.1) is 5.82 Å². The first-order chi connectivity index (χ1) is 10.2. The van der Waals surface area contributed by atoms with E-state index in [4.69, 9.17) is 5.73 Å². The minimum Gasteiger partial charge on any atom is -0.399 e. The number of fused-ring (bicyclic) bond motifs is 1. The molecule has 1 aliphatic heterocycles. The van der Waals surface area contributed by atoms with Gasteiger partial charge in [-0.2, -0.15) is 0 Å². The molecule has 2 aromatic rings. The third-order valence-corrected chi connectivity index (χ3v) is 4.75. The number of hydrogen-bond donors (Lipinski definition) is 1. The average Bonchev–Trinajstić information content (AvgIpc) is 2.49. The molecule has 0 fully saturated rings. The summed E-state index contributed by atoms with van der Waals surface area (Å²) in [6.07, 6.45) is 2.29. The Kier molecular flexibility index (Phi) is 4.34. The largest absolute Gasteiger partial charge is 0.399 e. The Hall–Kier alpha value is -1.68. The van der Waals surface area contributed by atoms with Gasteiger partial charge in [0.25, 0.3) is 0 Å². The van der Waals surface area contributed by atoms with Gasteiger partial charge in [0.2, 0.25) is 0 Å². The molecule has 3 rings (SSSR count). The van der Waals surface area contributed by atoms with Crippen LogP contribution in [0.4, 0.5) is 15.8 Å². The lowest BCUT2D eigenvalue weighted by Gasteiger charge is -2.31. The van der Waals surface area contributed by atoms with Crippen molar-refractivity contribution >= 4 is 23.1 Å². The standard InChI is InChI=1S/C17H19FN2S/c18-14-3-6-16(7-4-14)21-11-10-20-9-1-2-13-12-15(19)5-8-17(13)20/h3-8,12H,1-2,9-11,19H2. The van der Waals surface area contributed by atoms with Crippen molar-refractivity contribution in [1.82, 2.24) is 0 Å². The van der Waals surface area contributed by atoms with E-state index in [0.717, 1.165) is 35.8 Å². The third-order valence-electron chi connectivity index (χ3n) is 3.76. The number of halogens is 1. The van der Waals surface area contributed by atoms with E-state index in [-0.39, 0.29) is 5.82 Å². The lowest BCUT2D eigenvalue weighted by Crippen LogP contribution is -2.31. The molecule has 0 aromatic heterocycles. The second kappa shape index (κ2) is 6.39. The number of hydrogen-bond acceptors (Lipinski definition) is 3. The molecule has 110 valence electrons. The predicted molar refractivity (Wildman–Crippen MR) is 88.5 cm³/mol. The molecule has 0 amide bonds. The lowest BCUT2D eigenvalue weighted by molar-refractivity contribution is 0.626.